The van der Waals surface area contributed by atoms with Gasteiger partial charge in [-0.05, 0) is 82.0 Å². The van der Waals surface area contributed by atoms with Gasteiger partial charge in [0.1, 0.15) is 5.75 Å². The van der Waals surface area contributed by atoms with Crippen LogP contribution in [0.15, 0.2) is 42.5 Å². The molecule has 2 aromatic rings. The van der Waals surface area contributed by atoms with E-state index in [4.69, 9.17) is 14.2 Å². The Labute approximate surface area is 160 Å². The summed E-state index contributed by atoms with van der Waals surface area (Å²) in [6.45, 7) is 3.89. The highest BCUT2D eigenvalue weighted by molar-refractivity contribution is 6.04. The predicted octanol–water partition coefficient (Wildman–Crippen LogP) is 5.06. The van der Waals surface area contributed by atoms with E-state index in [1.165, 1.54) is 12.8 Å². The van der Waals surface area contributed by atoms with Gasteiger partial charge >= 0.3 is 0 Å². The molecule has 1 aliphatic carbocycles. The molecule has 1 N–H and O–H groups in total. The van der Waals surface area contributed by atoms with Crippen molar-refractivity contribution in [2.75, 3.05) is 12.4 Å². The minimum Gasteiger partial charge on any atom is -0.493 e. The molecule has 144 valence electrons. The Balaban J connectivity index is 1.64. The lowest BCUT2D eigenvalue weighted by atomic mass is 10.1. The second-order valence-corrected chi connectivity index (χ2v) is 7.04. The Kier molecular flexibility index (Phi) is 6.22. The molecular weight excluding hydrogens is 342 g/mol. The van der Waals surface area contributed by atoms with Gasteiger partial charge in [-0.1, -0.05) is 0 Å². The van der Waals surface area contributed by atoms with Crippen molar-refractivity contribution in [3.8, 4) is 17.2 Å². The molecular formula is C22H27NO4. The molecule has 0 bridgehead atoms. The van der Waals surface area contributed by atoms with Gasteiger partial charge in [0, 0.05) is 11.3 Å². The van der Waals surface area contributed by atoms with Gasteiger partial charge in [0.2, 0.25) is 0 Å². The predicted molar refractivity (Wildman–Crippen MR) is 106 cm³/mol. The van der Waals surface area contributed by atoms with Crippen LogP contribution in [-0.2, 0) is 0 Å². The minimum atomic E-state index is -0.200. The van der Waals surface area contributed by atoms with Crippen LogP contribution in [0.25, 0.3) is 0 Å². The van der Waals surface area contributed by atoms with Crippen molar-refractivity contribution < 1.29 is 19.0 Å². The molecule has 0 aromatic heterocycles. The number of carbonyl (C=O) groups is 1. The summed E-state index contributed by atoms with van der Waals surface area (Å²) in [5, 5.41) is 2.90. The third-order valence-corrected chi connectivity index (χ3v) is 4.51. The summed E-state index contributed by atoms with van der Waals surface area (Å²) in [5.41, 5.74) is 1.23. The molecule has 2 aromatic carbocycles. The topological polar surface area (TPSA) is 56.8 Å². The zero-order valence-electron chi connectivity index (χ0n) is 16.2. The van der Waals surface area contributed by atoms with Crippen molar-refractivity contribution in [3.63, 3.8) is 0 Å². The molecule has 0 saturated heterocycles. The number of anilines is 1. The molecule has 0 radical (unpaired) electrons. The molecule has 1 amide bonds. The zero-order chi connectivity index (χ0) is 19.2. The molecule has 27 heavy (non-hydrogen) atoms. The fraction of sp³-hybridized carbons (Fsp3) is 0.409. The molecule has 1 saturated carbocycles. The fourth-order valence-electron chi connectivity index (χ4n) is 3.18. The maximum atomic E-state index is 12.5. The maximum Gasteiger partial charge on any atom is 0.255 e. The van der Waals surface area contributed by atoms with Crippen LogP contribution in [0.1, 0.15) is 49.9 Å². The van der Waals surface area contributed by atoms with E-state index >= 15 is 0 Å². The number of rotatable bonds is 7. The van der Waals surface area contributed by atoms with Gasteiger partial charge in [-0.2, -0.15) is 0 Å². The van der Waals surface area contributed by atoms with E-state index in [9.17, 15) is 4.79 Å². The summed E-state index contributed by atoms with van der Waals surface area (Å²) in [5.74, 6) is 1.81. The highest BCUT2D eigenvalue weighted by Crippen LogP contribution is 2.29. The Morgan fingerprint density at radius 3 is 2.37 bits per heavy atom. The Morgan fingerprint density at radius 1 is 1.04 bits per heavy atom. The standard InChI is InChI=1S/C22H27NO4/c1-15(2)26-20-13-8-16(14-21(20)25-3)22(24)23-17-9-11-19(12-10-17)27-18-6-4-5-7-18/h8-15,18H,4-7H2,1-3H3,(H,23,24). The van der Waals surface area contributed by atoms with Crippen LogP contribution in [0.4, 0.5) is 5.69 Å². The molecule has 5 nitrogen and oxygen atoms in total. The van der Waals surface area contributed by atoms with Crippen molar-refractivity contribution in [2.45, 2.75) is 51.7 Å². The Morgan fingerprint density at radius 2 is 1.74 bits per heavy atom. The van der Waals surface area contributed by atoms with Gasteiger partial charge in [-0.25, -0.2) is 0 Å². The van der Waals surface area contributed by atoms with Crippen molar-refractivity contribution in [1.82, 2.24) is 0 Å². The summed E-state index contributed by atoms with van der Waals surface area (Å²) < 4.78 is 17.0. The average Bonchev–Trinajstić information content (AvgIpc) is 3.16. The van der Waals surface area contributed by atoms with Crippen molar-refractivity contribution >= 4 is 11.6 Å². The number of nitrogens with one attached hydrogen (secondary N) is 1. The molecule has 0 aliphatic heterocycles. The van der Waals surface area contributed by atoms with Crippen LogP contribution in [0.3, 0.4) is 0 Å². The lowest BCUT2D eigenvalue weighted by molar-refractivity contribution is 0.102. The summed E-state index contributed by atoms with van der Waals surface area (Å²) in [6, 6.07) is 12.7. The lowest BCUT2D eigenvalue weighted by Gasteiger charge is -2.15. The number of ether oxygens (including phenoxy) is 3. The van der Waals surface area contributed by atoms with Crippen LogP contribution in [0.5, 0.6) is 17.2 Å². The van der Waals surface area contributed by atoms with Gasteiger partial charge in [0.05, 0.1) is 19.3 Å². The summed E-state index contributed by atoms with van der Waals surface area (Å²) in [7, 11) is 1.56. The first-order valence-electron chi connectivity index (χ1n) is 9.48. The van der Waals surface area contributed by atoms with E-state index in [2.05, 4.69) is 5.32 Å². The van der Waals surface area contributed by atoms with E-state index < -0.39 is 0 Å². The normalized spacial score (nSPS) is 14.2. The number of hydrogen-bond donors (Lipinski definition) is 1. The first-order valence-corrected chi connectivity index (χ1v) is 9.48. The minimum absolute atomic E-state index is 0.0311. The molecule has 0 unspecified atom stereocenters. The highest BCUT2D eigenvalue weighted by atomic mass is 16.5. The number of amides is 1. The first kappa shape index (κ1) is 19.1. The average molecular weight is 369 g/mol. The summed E-state index contributed by atoms with van der Waals surface area (Å²) in [4.78, 5) is 12.5. The molecule has 0 heterocycles. The first-order chi connectivity index (χ1) is 13.0. The third kappa shape index (κ3) is 5.16. The van der Waals surface area contributed by atoms with E-state index in [1.807, 2.05) is 38.1 Å². The monoisotopic (exact) mass is 369 g/mol. The van der Waals surface area contributed by atoms with Crippen molar-refractivity contribution in [2.24, 2.45) is 0 Å². The Bertz CT molecular complexity index is 764. The fourth-order valence-corrected chi connectivity index (χ4v) is 3.18. The quantitative estimate of drug-likeness (QED) is 0.741. The van der Waals surface area contributed by atoms with E-state index in [0.717, 1.165) is 24.3 Å². The van der Waals surface area contributed by atoms with E-state index in [-0.39, 0.29) is 12.0 Å². The molecule has 0 spiro atoms. The largest absolute Gasteiger partial charge is 0.493 e. The second kappa shape index (κ2) is 8.80. The van der Waals surface area contributed by atoms with E-state index in [1.54, 1.807) is 25.3 Å². The molecule has 3 rings (SSSR count). The molecule has 5 heteroatoms. The molecule has 1 fully saturated rings. The van der Waals surface area contributed by atoms with Gasteiger partial charge in [-0.3, -0.25) is 4.79 Å². The molecule has 1 aliphatic rings. The van der Waals surface area contributed by atoms with Crippen LogP contribution in [0, 0.1) is 0 Å². The smallest absolute Gasteiger partial charge is 0.255 e. The van der Waals surface area contributed by atoms with Crippen molar-refractivity contribution in [3.05, 3.63) is 48.0 Å². The van der Waals surface area contributed by atoms with Crippen LogP contribution >= 0.6 is 0 Å². The van der Waals surface area contributed by atoms with Gasteiger partial charge in [-0.15, -0.1) is 0 Å². The SMILES string of the molecule is COc1cc(C(=O)Nc2ccc(OC3CCCC3)cc2)ccc1OC(C)C. The van der Waals surface area contributed by atoms with Crippen LogP contribution < -0.4 is 19.5 Å². The third-order valence-electron chi connectivity index (χ3n) is 4.51. The number of benzene rings is 2. The van der Waals surface area contributed by atoms with Gasteiger partial charge in [0.25, 0.3) is 5.91 Å². The highest BCUT2D eigenvalue weighted by Gasteiger charge is 2.16. The number of carbonyl (C=O) groups excluding carboxylic acids is 1. The van der Waals surface area contributed by atoms with Crippen molar-refractivity contribution in [1.29, 1.82) is 0 Å². The van der Waals surface area contributed by atoms with E-state index in [0.29, 0.717) is 23.2 Å². The molecule has 0 atom stereocenters. The summed E-state index contributed by atoms with van der Waals surface area (Å²) in [6.07, 6.45) is 5.08. The Hall–Kier alpha value is -2.69. The summed E-state index contributed by atoms with van der Waals surface area (Å²) >= 11 is 0. The number of methoxy groups -OCH3 is 1. The second-order valence-electron chi connectivity index (χ2n) is 7.04. The van der Waals surface area contributed by atoms with Gasteiger partial charge in [0.15, 0.2) is 11.5 Å². The zero-order valence-corrected chi connectivity index (χ0v) is 16.2. The lowest BCUT2D eigenvalue weighted by Crippen LogP contribution is -2.13. The van der Waals surface area contributed by atoms with Crippen LogP contribution in [0.2, 0.25) is 0 Å². The number of hydrogen-bond acceptors (Lipinski definition) is 4. The maximum absolute atomic E-state index is 12.5. The van der Waals surface area contributed by atoms with Gasteiger partial charge < -0.3 is 19.5 Å². The van der Waals surface area contributed by atoms with Crippen LogP contribution in [-0.4, -0.2) is 25.2 Å².